The van der Waals surface area contributed by atoms with Gasteiger partial charge in [0.25, 0.3) is 0 Å². The third kappa shape index (κ3) is 5.61. The first-order chi connectivity index (χ1) is 16.1. The van der Waals surface area contributed by atoms with Crippen molar-refractivity contribution in [2.24, 2.45) is 10.3 Å². The van der Waals surface area contributed by atoms with Gasteiger partial charge in [-0.3, -0.25) is 0 Å². The maximum Gasteiger partial charge on any atom is 0.331 e. The summed E-state index contributed by atoms with van der Waals surface area (Å²) in [5, 5.41) is 8.14. The monoisotopic (exact) mass is 462 g/mol. The summed E-state index contributed by atoms with van der Waals surface area (Å²) in [6.07, 6.45) is 5.22. The normalized spacial score (nSPS) is 14.4. The highest BCUT2D eigenvalue weighted by atomic mass is 16.7. The molecule has 1 aliphatic rings. The van der Waals surface area contributed by atoms with E-state index in [1.807, 2.05) is 13.0 Å². The van der Waals surface area contributed by atoms with E-state index in [1.54, 1.807) is 0 Å². The van der Waals surface area contributed by atoms with Crippen molar-refractivity contribution in [3.63, 3.8) is 0 Å². The SMILES string of the molecule is CCCCCC/C(=N\OC(C)=O)c1ccc2c(c1)C(C)(C)c1cc(/C(C)=N/OC(C)=O)ccc1-2. The third-order valence-electron chi connectivity index (χ3n) is 6.29. The Morgan fingerprint density at radius 2 is 1.35 bits per heavy atom. The van der Waals surface area contributed by atoms with Gasteiger partial charge in [-0.25, -0.2) is 9.59 Å². The molecule has 0 heterocycles. The molecule has 6 nitrogen and oxygen atoms in total. The summed E-state index contributed by atoms with van der Waals surface area (Å²) in [7, 11) is 0. The average Bonchev–Trinajstić information content (AvgIpc) is 3.03. The number of hydrogen-bond acceptors (Lipinski definition) is 6. The lowest BCUT2D eigenvalue weighted by molar-refractivity contribution is -0.141. The maximum absolute atomic E-state index is 11.4. The number of fused-ring (bicyclic) bond motifs is 3. The Bertz CT molecular complexity index is 1150. The minimum Gasteiger partial charge on any atom is -0.318 e. The summed E-state index contributed by atoms with van der Waals surface area (Å²) in [6.45, 7) is 11.1. The average molecular weight is 463 g/mol. The molecule has 0 amide bonds. The first-order valence-corrected chi connectivity index (χ1v) is 11.9. The quantitative estimate of drug-likeness (QED) is 0.184. The fourth-order valence-corrected chi connectivity index (χ4v) is 4.41. The molecule has 2 aromatic carbocycles. The summed E-state index contributed by atoms with van der Waals surface area (Å²) >= 11 is 0. The highest BCUT2D eigenvalue weighted by Gasteiger charge is 2.36. The topological polar surface area (TPSA) is 77.3 Å². The molecule has 0 atom stereocenters. The zero-order valence-electron chi connectivity index (χ0n) is 21.0. The zero-order valence-corrected chi connectivity index (χ0v) is 21.0. The van der Waals surface area contributed by atoms with Crippen LogP contribution in [0.25, 0.3) is 11.1 Å². The van der Waals surface area contributed by atoms with E-state index in [-0.39, 0.29) is 5.41 Å². The Hall–Kier alpha value is -3.28. The highest BCUT2D eigenvalue weighted by Crippen LogP contribution is 2.49. The summed E-state index contributed by atoms with van der Waals surface area (Å²) in [4.78, 5) is 32.4. The van der Waals surface area contributed by atoms with Gasteiger partial charge in [-0.05, 0) is 65.3 Å². The number of oxime groups is 2. The third-order valence-corrected chi connectivity index (χ3v) is 6.29. The molecule has 0 aliphatic heterocycles. The Morgan fingerprint density at radius 1 is 0.794 bits per heavy atom. The largest absolute Gasteiger partial charge is 0.331 e. The van der Waals surface area contributed by atoms with E-state index in [9.17, 15) is 9.59 Å². The molecular formula is C28H34N2O4. The molecule has 0 saturated carbocycles. The number of hydrogen-bond donors (Lipinski definition) is 0. The number of carbonyl (C=O) groups is 2. The second-order valence-electron chi connectivity index (χ2n) is 9.34. The van der Waals surface area contributed by atoms with Crippen molar-refractivity contribution in [2.45, 2.75) is 79.1 Å². The van der Waals surface area contributed by atoms with E-state index in [1.165, 1.54) is 42.5 Å². The van der Waals surface area contributed by atoms with Crippen LogP contribution in [0.1, 0.15) is 95.9 Å². The lowest BCUT2D eigenvalue weighted by Crippen LogP contribution is -2.16. The molecule has 180 valence electrons. The fraction of sp³-hybridized carbons (Fsp3) is 0.429. The van der Waals surface area contributed by atoms with Gasteiger partial charge in [0, 0.05) is 19.3 Å². The highest BCUT2D eigenvalue weighted by molar-refractivity contribution is 6.02. The summed E-state index contributed by atoms with van der Waals surface area (Å²) in [6, 6.07) is 12.6. The number of rotatable bonds is 9. The van der Waals surface area contributed by atoms with Gasteiger partial charge in [-0.2, -0.15) is 0 Å². The first kappa shape index (κ1) is 25.3. The molecule has 0 saturated heterocycles. The van der Waals surface area contributed by atoms with Crippen LogP contribution in [0.15, 0.2) is 46.7 Å². The van der Waals surface area contributed by atoms with Crippen LogP contribution in [0.4, 0.5) is 0 Å². The minimum absolute atomic E-state index is 0.243. The number of benzene rings is 2. The van der Waals surface area contributed by atoms with Crippen LogP contribution < -0.4 is 0 Å². The number of nitrogens with zero attached hydrogens (tertiary/aromatic N) is 2. The molecule has 0 spiro atoms. The van der Waals surface area contributed by atoms with Gasteiger partial charge in [0.2, 0.25) is 0 Å². The molecule has 0 unspecified atom stereocenters. The van der Waals surface area contributed by atoms with Crippen LogP contribution in [0.3, 0.4) is 0 Å². The molecule has 0 radical (unpaired) electrons. The molecule has 1 aliphatic carbocycles. The van der Waals surface area contributed by atoms with E-state index >= 15 is 0 Å². The molecule has 0 N–H and O–H groups in total. The van der Waals surface area contributed by atoms with E-state index in [4.69, 9.17) is 9.68 Å². The number of carbonyl (C=O) groups excluding carboxylic acids is 2. The van der Waals surface area contributed by atoms with Crippen molar-refractivity contribution in [2.75, 3.05) is 0 Å². The Morgan fingerprint density at radius 3 is 1.94 bits per heavy atom. The van der Waals surface area contributed by atoms with Gasteiger partial charge in [0.15, 0.2) is 0 Å². The van der Waals surface area contributed by atoms with E-state index in [0.29, 0.717) is 5.71 Å². The molecule has 0 fully saturated rings. The van der Waals surface area contributed by atoms with Crippen LogP contribution in [0, 0.1) is 0 Å². The maximum atomic E-state index is 11.4. The summed E-state index contributed by atoms with van der Waals surface area (Å²) in [5.74, 6) is -0.861. The standard InChI is InChI=1S/C28H34N2O4/c1-7-8-9-10-11-27(30-34-20(4)32)22-13-15-24-23-14-12-21(18(2)29-33-19(3)31)16-25(23)28(5,6)26(24)17-22/h12-17H,7-11H2,1-6H3/b29-18+,30-27+. The van der Waals surface area contributed by atoms with Crippen LogP contribution >= 0.6 is 0 Å². The van der Waals surface area contributed by atoms with Gasteiger partial charge in [-0.1, -0.05) is 74.6 Å². The lowest BCUT2D eigenvalue weighted by Gasteiger charge is -2.22. The van der Waals surface area contributed by atoms with Crippen molar-refractivity contribution in [3.05, 3.63) is 58.7 Å². The van der Waals surface area contributed by atoms with Crippen LogP contribution in [0.2, 0.25) is 0 Å². The van der Waals surface area contributed by atoms with Crippen molar-refractivity contribution in [3.8, 4) is 11.1 Å². The Labute approximate surface area is 202 Å². The van der Waals surface area contributed by atoms with E-state index < -0.39 is 11.9 Å². The van der Waals surface area contributed by atoms with Gasteiger partial charge in [0.1, 0.15) is 0 Å². The van der Waals surface area contributed by atoms with Gasteiger partial charge >= 0.3 is 11.9 Å². The van der Waals surface area contributed by atoms with E-state index in [0.717, 1.165) is 42.5 Å². The van der Waals surface area contributed by atoms with Crippen molar-refractivity contribution >= 4 is 23.4 Å². The predicted octanol–water partition coefficient (Wildman–Crippen LogP) is 6.52. The van der Waals surface area contributed by atoms with Crippen molar-refractivity contribution in [1.29, 1.82) is 0 Å². The fourth-order valence-electron chi connectivity index (χ4n) is 4.41. The van der Waals surface area contributed by atoms with Gasteiger partial charge in [-0.15, -0.1) is 0 Å². The first-order valence-electron chi connectivity index (χ1n) is 11.9. The molecule has 34 heavy (non-hydrogen) atoms. The zero-order chi connectivity index (χ0) is 24.9. The lowest BCUT2D eigenvalue weighted by atomic mass is 9.81. The number of unbranched alkanes of at least 4 members (excludes halogenated alkanes) is 3. The van der Waals surface area contributed by atoms with Gasteiger partial charge < -0.3 is 9.68 Å². The van der Waals surface area contributed by atoms with Crippen molar-refractivity contribution < 1.29 is 19.3 Å². The molecule has 2 aromatic rings. The van der Waals surface area contributed by atoms with Gasteiger partial charge in [0.05, 0.1) is 11.4 Å². The summed E-state index contributed by atoms with van der Waals surface area (Å²) in [5.41, 5.74) is 7.85. The molecule has 0 aromatic heterocycles. The van der Waals surface area contributed by atoms with Crippen LogP contribution in [-0.2, 0) is 24.7 Å². The minimum atomic E-state index is -0.443. The molecule has 3 rings (SSSR count). The van der Waals surface area contributed by atoms with Crippen LogP contribution in [-0.4, -0.2) is 23.4 Å². The second-order valence-corrected chi connectivity index (χ2v) is 9.34. The smallest absolute Gasteiger partial charge is 0.318 e. The Balaban J connectivity index is 1.96. The van der Waals surface area contributed by atoms with E-state index in [2.05, 4.69) is 61.4 Å². The molecular weight excluding hydrogens is 428 g/mol. The predicted molar refractivity (Wildman–Crippen MR) is 135 cm³/mol. The molecule has 6 heteroatoms. The second kappa shape index (κ2) is 10.8. The van der Waals surface area contributed by atoms with Crippen molar-refractivity contribution in [1.82, 2.24) is 0 Å². The Kier molecular flexibility index (Phi) is 8.02. The van der Waals surface area contributed by atoms with Crippen LogP contribution in [0.5, 0.6) is 0 Å². The molecule has 0 bridgehead atoms. The summed E-state index contributed by atoms with van der Waals surface area (Å²) < 4.78 is 0.